The molecule has 0 bridgehead atoms. The van der Waals surface area contributed by atoms with E-state index < -0.39 is 111 Å². The number of carboxylic acids is 1. The number of amides is 4. The van der Waals surface area contributed by atoms with E-state index >= 15 is 0 Å². The van der Waals surface area contributed by atoms with E-state index in [0.29, 0.717) is 38.6 Å². The summed E-state index contributed by atoms with van der Waals surface area (Å²) in [4.78, 5) is 151. The minimum absolute atomic E-state index is 0.0625. The number of nitrogens with two attached hydrogens (primary N) is 1. The van der Waals surface area contributed by atoms with Gasteiger partial charge in [-0.1, -0.05) is 50.1 Å². The van der Waals surface area contributed by atoms with Crippen molar-refractivity contribution in [3.63, 3.8) is 0 Å². The summed E-state index contributed by atoms with van der Waals surface area (Å²) < 4.78 is 5.79. The molecule has 5 atom stereocenters. The Morgan fingerprint density at radius 1 is 0.905 bits per heavy atom. The molecule has 4 aromatic rings. The summed E-state index contributed by atoms with van der Waals surface area (Å²) in [5, 5.41) is 24.5. The molecule has 392 valence electrons. The number of hydrogen-bond donors (Lipinski definition) is 4. The molecule has 2 aromatic carbocycles. The first-order chi connectivity index (χ1) is 35.4. The second-order valence-electron chi connectivity index (χ2n) is 18.7. The monoisotopic (exact) mass is 1020 g/mol. The Morgan fingerprint density at radius 2 is 1.61 bits per heavy atom. The maximum Gasteiger partial charge on any atom is 0.336 e. The van der Waals surface area contributed by atoms with Crippen molar-refractivity contribution >= 4 is 69.5 Å². The van der Waals surface area contributed by atoms with E-state index in [9.17, 15) is 63.2 Å². The molecule has 6 rings (SSSR count). The molecular weight excluding hydrogens is 959 g/mol. The van der Waals surface area contributed by atoms with Crippen molar-refractivity contribution in [2.75, 3.05) is 20.2 Å². The number of esters is 1. The highest BCUT2D eigenvalue weighted by Crippen LogP contribution is 2.29. The Morgan fingerprint density at radius 3 is 2.30 bits per heavy atom. The summed E-state index contributed by atoms with van der Waals surface area (Å²) in [6.07, 6.45) is 8.00. The van der Waals surface area contributed by atoms with Crippen molar-refractivity contribution in [2.24, 2.45) is 17.6 Å². The minimum atomic E-state index is -1.62. The van der Waals surface area contributed by atoms with Crippen molar-refractivity contribution in [1.29, 1.82) is 0 Å². The lowest BCUT2D eigenvalue weighted by Gasteiger charge is -2.29. The molecule has 21 nitrogen and oxygen atoms in total. The molecule has 0 saturated carbocycles. The highest BCUT2D eigenvalue weighted by Gasteiger charge is 2.40. The van der Waals surface area contributed by atoms with Crippen LogP contribution in [0, 0.1) is 22.0 Å². The van der Waals surface area contributed by atoms with E-state index in [2.05, 4.69) is 15.0 Å². The van der Waals surface area contributed by atoms with Crippen LogP contribution in [0.25, 0.3) is 10.9 Å². The predicted octanol–water partition coefficient (Wildman–Crippen LogP) is 4.41. The first-order valence-electron chi connectivity index (χ1n) is 24.7. The van der Waals surface area contributed by atoms with Crippen LogP contribution in [0.3, 0.4) is 0 Å². The van der Waals surface area contributed by atoms with E-state index in [4.69, 9.17) is 5.73 Å². The number of carbonyl (C=O) groups is 9. The lowest BCUT2D eigenvalue weighted by Crippen LogP contribution is -2.47. The van der Waals surface area contributed by atoms with Crippen molar-refractivity contribution in [3.05, 3.63) is 122 Å². The highest BCUT2D eigenvalue weighted by atomic mass is 16.6. The zero-order valence-electron chi connectivity index (χ0n) is 41.3. The van der Waals surface area contributed by atoms with Gasteiger partial charge in [0.1, 0.15) is 6.04 Å². The lowest BCUT2D eigenvalue weighted by molar-refractivity contribution is -0.384. The summed E-state index contributed by atoms with van der Waals surface area (Å²) in [6.45, 7) is 1.99. The number of nitro groups is 1. The summed E-state index contributed by atoms with van der Waals surface area (Å²) in [5.74, 6) is -8.10. The fraction of sp³-hybridized carbons (Fsp3) is 0.434. The normalized spacial score (nSPS) is 16.7. The number of carboxylic acid groups (broad SMARTS) is 1. The number of primary amides is 1. The number of methoxy groups -OCH3 is 1. The first-order valence-corrected chi connectivity index (χ1v) is 24.7. The number of unbranched alkanes of at least 4 members (excludes halogenated alkanes) is 1. The number of ketones is 3. The topological polar surface area (TPSA) is 309 Å². The number of nitrogens with one attached hydrogen (secondary N) is 2. The second-order valence-corrected chi connectivity index (χ2v) is 18.7. The molecule has 74 heavy (non-hydrogen) atoms. The summed E-state index contributed by atoms with van der Waals surface area (Å²) in [7, 11) is 1.18. The molecule has 4 heterocycles. The average molecular weight is 1020 g/mol. The summed E-state index contributed by atoms with van der Waals surface area (Å²) in [6, 6.07) is 10.1. The lowest BCUT2D eigenvalue weighted by atomic mass is 9.90. The van der Waals surface area contributed by atoms with Gasteiger partial charge in [-0.05, 0) is 75.1 Å². The molecule has 5 N–H and O–H groups in total. The van der Waals surface area contributed by atoms with Gasteiger partial charge >= 0.3 is 11.9 Å². The molecule has 2 saturated heterocycles. The highest BCUT2D eigenvalue weighted by molar-refractivity contribution is 6.07. The number of H-pyrrole nitrogens is 1. The maximum absolute atomic E-state index is 14.5. The van der Waals surface area contributed by atoms with Gasteiger partial charge in [0.05, 0.1) is 41.8 Å². The van der Waals surface area contributed by atoms with Crippen molar-refractivity contribution in [3.8, 4) is 0 Å². The van der Waals surface area contributed by atoms with Crippen molar-refractivity contribution < 1.29 is 57.9 Å². The molecule has 21 heteroatoms. The Labute approximate surface area is 425 Å². The van der Waals surface area contributed by atoms with E-state index in [-0.39, 0.29) is 69.4 Å². The van der Waals surface area contributed by atoms with Gasteiger partial charge in [0, 0.05) is 91.3 Å². The van der Waals surface area contributed by atoms with E-state index in [1.165, 1.54) is 45.9 Å². The number of pyridine rings is 1. The number of aromatic carboxylic acids is 1. The number of aromatic amines is 1. The molecular formula is C53H61N7O14. The molecule has 4 amide bonds. The van der Waals surface area contributed by atoms with Crippen LogP contribution in [-0.4, -0.2) is 121 Å². The van der Waals surface area contributed by atoms with Gasteiger partial charge in [-0.2, -0.15) is 0 Å². The largest absolute Gasteiger partial charge is 0.478 e. The number of para-hydroxylation sites is 1. The van der Waals surface area contributed by atoms with Crippen LogP contribution in [0.1, 0.15) is 109 Å². The third-order valence-electron chi connectivity index (χ3n) is 13.7. The van der Waals surface area contributed by atoms with Crippen LogP contribution in [0.15, 0.2) is 83.9 Å². The second kappa shape index (κ2) is 25.5. The van der Waals surface area contributed by atoms with Gasteiger partial charge in [-0.15, -0.1) is 0 Å². The molecule has 2 fully saturated rings. The molecule has 2 aliphatic heterocycles. The van der Waals surface area contributed by atoms with Gasteiger partial charge in [-0.25, -0.2) is 9.59 Å². The van der Waals surface area contributed by atoms with E-state index in [1.54, 1.807) is 6.20 Å². The number of nitrogens with zero attached hydrogens (tertiary/aromatic N) is 4. The number of Topliss-reactive ketones (excluding diaryl/α,β-unsaturated/α-hetero) is 3. The third-order valence-corrected chi connectivity index (χ3v) is 13.7. The number of non-ortho nitro benzene ring substituents is 1. The van der Waals surface area contributed by atoms with Gasteiger partial charge in [0.25, 0.3) is 17.2 Å². The number of rotatable bonds is 26. The van der Waals surface area contributed by atoms with Gasteiger partial charge in [-0.3, -0.25) is 48.5 Å². The van der Waals surface area contributed by atoms with Crippen LogP contribution < -0.4 is 16.6 Å². The Hall–Kier alpha value is -8.10. The third kappa shape index (κ3) is 13.7. The Balaban J connectivity index is 1.16. The smallest absolute Gasteiger partial charge is 0.336 e. The molecule has 0 aliphatic carbocycles. The van der Waals surface area contributed by atoms with Gasteiger partial charge in [0.15, 0.2) is 17.3 Å². The first kappa shape index (κ1) is 55.2. The van der Waals surface area contributed by atoms with Gasteiger partial charge in [0.2, 0.25) is 17.7 Å². The predicted molar refractivity (Wildman–Crippen MR) is 268 cm³/mol. The van der Waals surface area contributed by atoms with E-state index in [0.717, 1.165) is 40.7 Å². The zero-order valence-corrected chi connectivity index (χ0v) is 41.3. The van der Waals surface area contributed by atoms with Crippen LogP contribution >= 0.6 is 0 Å². The number of ether oxygens (including phenoxy) is 1. The number of carbonyl (C=O) groups excluding carboxylic acids is 8. The average Bonchev–Trinajstić information content (AvgIpc) is 4.18. The number of likely N-dealkylation sites (tertiary alicyclic amines) is 2. The quantitative estimate of drug-likeness (QED) is 0.0293. The van der Waals surface area contributed by atoms with Crippen LogP contribution in [-0.2, 0) is 57.7 Å². The molecule has 0 radical (unpaired) electrons. The molecule has 2 aliphatic rings. The summed E-state index contributed by atoms with van der Waals surface area (Å²) >= 11 is 0. The number of hydrogen-bond acceptors (Lipinski definition) is 13. The van der Waals surface area contributed by atoms with Crippen molar-refractivity contribution in [2.45, 2.75) is 115 Å². The number of nitro benzene ring substituents is 1. The number of fused-ring (bicyclic) bond motifs is 1. The number of benzene rings is 2. The molecule has 0 spiro atoms. The maximum atomic E-state index is 14.5. The fourth-order valence-electron chi connectivity index (χ4n) is 9.88. The molecule has 0 unspecified atom stereocenters. The SMILES string of the molecule is CCCC[C@H](CC(=O)[C@H](CC/C=C/C(=O)OC)NC(=O)c1ccc([N+](=O)[O-])cc1C(=O)O)C(=O)N1CCC[C@H]1C(=O)Cc1cccn(CC(=O)C[C@@H](Cc2c[nH]c3ccccc23)C(=O)N2CCC[C@H]2C(N)=O)c1=O. The number of aromatic nitrogens is 2. The zero-order chi connectivity index (χ0) is 53.6. The van der Waals surface area contributed by atoms with Crippen LogP contribution in [0.4, 0.5) is 5.69 Å². The summed E-state index contributed by atoms with van der Waals surface area (Å²) in [5.41, 5.74) is 5.08. The Kier molecular flexibility index (Phi) is 19.0. The Bertz CT molecular complexity index is 2900. The number of allylic oxidation sites excluding steroid dienone is 1. The van der Waals surface area contributed by atoms with E-state index in [1.807, 2.05) is 31.2 Å². The fourth-order valence-corrected chi connectivity index (χ4v) is 9.88. The minimum Gasteiger partial charge on any atom is -0.478 e. The standard InChI is InChI=1S/C53H61N7O14/c1-3-4-12-33(27-45(62)42(16-7-8-19-47(64)74-2)56-49(66)39-21-20-36(60(72)73)29-40(39)53(70)71)51(68)58-23-10-17-43(58)46(63)28-32-13-9-22-57(50(32)67)31-37(61)26-34(52(69)59-24-11-18-44(59)48(54)65)25-35-30-55-41-15-6-5-14-38(35)41/h5-6,8-9,13-15,19-22,29-30,33-34,42-44,55H,3-4,7,10-12,16-18,23-28,31H2,1-2H3,(H2,54,65)(H,56,66)(H,70,71)/b19-8+/t33-,34-,42+,43+,44+/m1/s1. The van der Waals surface area contributed by atoms with Crippen LogP contribution in [0.5, 0.6) is 0 Å². The van der Waals surface area contributed by atoms with Gasteiger partial charge < -0.3 is 40.2 Å². The van der Waals surface area contributed by atoms with Crippen LogP contribution in [0.2, 0.25) is 0 Å². The van der Waals surface area contributed by atoms with Crippen molar-refractivity contribution in [1.82, 2.24) is 24.7 Å². The molecule has 2 aromatic heterocycles.